The summed E-state index contributed by atoms with van der Waals surface area (Å²) in [5.74, 6) is 0.335. The van der Waals surface area contributed by atoms with Crippen LogP contribution in [0.5, 0.6) is 0 Å². The monoisotopic (exact) mass is 275 g/mol. The summed E-state index contributed by atoms with van der Waals surface area (Å²) in [5.41, 5.74) is -0.405. The second-order valence-corrected chi connectivity index (χ2v) is 4.65. The zero-order chi connectivity index (χ0) is 14.6. The summed E-state index contributed by atoms with van der Waals surface area (Å²) < 4.78 is 1.44. The fourth-order valence-corrected chi connectivity index (χ4v) is 1.71. The highest BCUT2D eigenvalue weighted by Gasteiger charge is 2.23. The Morgan fingerprint density at radius 3 is 2.70 bits per heavy atom. The second-order valence-electron chi connectivity index (χ2n) is 4.65. The topological polar surface area (TPSA) is 92.1 Å². The first-order valence-electron chi connectivity index (χ1n) is 6.16. The number of nitrogens with one attached hydrogen (secondary N) is 2. The average Bonchev–Trinajstić information content (AvgIpc) is 2.83. The van der Waals surface area contributed by atoms with Crippen LogP contribution < -0.4 is 10.6 Å². The molecule has 2 rings (SSSR count). The minimum atomic E-state index is -1.14. The molecule has 0 aliphatic rings. The molecular formula is C13H17N5O2. The van der Waals surface area contributed by atoms with E-state index < -0.39 is 11.6 Å². The Labute approximate surface area is 116 Å². The lowest BCUT2D eigenvalue weighted by Gasteiger charge is -2.24. The highest BCUT2D eigenvalue weighted by molar-refractivity contribution is 5.87. The van der Waals surface area contributed by atoms with Gasteiger partial charge in [-0.1, -0.05) is 30.3 Å². The van der Waals surface area contributed by atoms with Crippen molar-refractivity contribution in [1.29, 1.82) is 0 Å². The Balaban J connectivity index is 1.91. The molecule has 1 aromatic heterocycles. The maximum absolute atomic E-state index is 11.7. The van der Waals surface area contributed by atoms with Crippen LogP contribution in [0.1, 0.15) is 12.5 Å². The molecule has 0 aliphatic heterocycles. The van der Waals surface area contributed by atoms with Crippen molar-refractivity contribution in [1.82, 2.24) is 20.1 Å². The molecule has 106 valence electrons. The van der Waals surface area contributed by atoms with E-state index in [-0.39, 0.29) is 6.54 Å². The molecule has 2 aromatic rings. The number of aromatic nitrogens is 3. The maximum Gasteiger partial charge on any atom is 0.321 e. The van der Waals surface area contributed by atoms with Gasteiger partial charge in [-0.3, -0.25) is 5.32 Å². The minimum absolute atomic E-state index is 0.0840. The Bertz CT molecular complexity index is 579. The number of amides is 2. The van der Waals surface area contributed by atoms with E-state index in [1.807, 2.05) is 30.3 Å². The standard InChI is InChI=1S/C13H17N5O2/c1-13(20,10-6-4-3-5-7-10)8-14-12(19)17-11-15-9-16-18(11)2/h3-7,9,20H,8H2,1-2H3,(H2,14,15,16,17,19). The third kappa shape index (κ3) is 3.33. The lowest BCUT2D eigenvalue weighted by molar-refractivity contribution is 0.0599. The number of rotatable bonds is 4. The minimum Gasteiger partial charge on any atom is -0.384 e. The predicted molar refractivity (Wildman–Crippen MR) is 74.0 cm³/mol. The van der Waals surface area contributed by atoms with Crippen LogP contribution in [0.25, 0.3) is 0 Å². The molecule has 1 heterocycles. The van der Waals surface area contributed by atoms with Gasteiger partial charge in [0.15, 0.2) is 0 Å². The molecule has 2 amide bonds. The quantitative estimate of drug-likeness (QED) is 0.771. The van der Waals surface area contributed by atoms with Crippen molar-refractivity contribution in [3.63, 3.8) is 0 Å². The number of nitrogens with zero attached hydrogens (tertiary/aromatic N) is 3. The Kier molecular flexibility index (Phi) is 3.99. The van der Waals surface area contributed by atoms with Crippen LogP contribution in [0.15, 0.2) is 36.7 Å². The van der Waals surface area contributed by atoms with E-state index in [4.69, 9.17) is 0 Å². The second kappa shape index (κ2) is 5.70. The SMILES string of the molecule is Cn1ncnc1NC(=O)NCC(C)(O)c1ccccc1. The van der Waals surface area contributed by atoms with Gasteiger partial charge < -0.3 is 10.4 Å². The van der Waals surface area contributed by atoms with E-state index in [9.17, 15) is 9.90 Å². The van der Waals surface area contributed by atoms with Gasteiger partial charge in [0, 0.05) is 7.05 Å². The number of carbonyl (C=O) groups excluding carboxylic acids is 1. The molecule has 0 saturated carbocycles. The van der Waals surface area contributed by atoms with Crippen LogP contribution in [0.2, 0.25) is 0 Å². The lowest BCUT2D eigenvalue weighted by Crippen LogP contribution is -2.40. The van der Waals surface area contributed by atoms with Crippen molar-refractivity contribution in [3.8, 4) is 0 Å². The van der Waals surface area contributed by atoms with Crippen LogP contribution >= 0.6 is 0 Å². The third-order valence-electron chi connectivity index (χ3n) is 2.93. The molecular weight excluding hydrogens is 258 g/mol. The summed E-state index contributed by atoms with van der Waals surface area (Å²) in [7, 11) is 1.67. The third-order valence-corrected chi connectivity index (χ3v) is 2.93. The molecule has 0 bridgehead atoms. The smallest absolute Gasteiger partial charge is 0.321 e. The van der Waals surface area contributed by atoms with Crippen molar-refractivity contribution in [2.24, 2.45) is 7.05 Å². The van der Waals surface area contributed by atoms with Gasteiger partial charge in [-0.05, 0) is 12.5 Å². The van der Waals surface area contributed by atoms with Gasteiger partial charge in [0.2, 0.25) is 5.95 Å². The van der Waals surface area contributed by atoms with Crippen LogP contribution in [0.3, 0.4) is 0 Å². The summed E-state index contributed by atoms with van der Waals surface area (Å²) in [6.45, 7) is 1.73. The number of carbonyl (C=O) groups is 1. The molecule has 0 aliphatic carbocycles. The van der Waals surface area contributed by atoms with Crippen molar-refractivity contribution in [3.05, 3.63) is 42.2 Å². The average molecular weight is 275 g/mol. The van der Waals surface area contributed by atoms with Gasteiger partial charge in [0.25, 0.3) is 0 Å². The van der Waals surface area contributed by atoms with Crippen molar-refractivity contribution < 1.29 is 9.90 Å². The summed E-state index contributed by atoms with van der Waals surface area (Å²) >= 11 is 0. The van der Waals surface area contributed by atoms with E-state index in [0.29, 0.717) is 5.95 Å². The van der Waals surface area contributed by atoms with E-state index in [1.165, 1.54) is 11.0 Å². The number of aliphatic hydroxyl groups is 1. The molecule has 1 unspecified atom stereocenters. The van der Waals surface area contributed by atoms with Crippen LogP contribution in [-0.2, 0) is 12.6 Å². The molecule has 20 heavy (non-hydrogen) atoms. The fourth-order valence-electron chi connectivity index (χ4n) is 1.71. The van der Waals surface area contributed by atoms with Crippen LogP contribution in [0, 0.1) is 0 Å². The number of urea groups is 1. The Morgan fingerprint density at radius 1 is 1.40 bits per heavy atom. The first kappa shape index (κ1) is 14.0. The van der Waals surface area contributed by atoms with Crippen LogP contribution in [-0.4, -0.2) is 32.4 Å². The first-order chi connectivity index (χ1) is 9.49. The number of hydrogen-bond donors (Lipinski definition) is 3. The zero-order valence-electron chi connectivity index (χ0n) is 11.4. The van der Waals surface area contributed by atoms with Gasteiger partial charge in [-0.15, -0.1) is 0 Å². The molecule has 1 atom stereocenters. The van der Waals surface area contributed by atoms with E-state index >= 15 is 0 Å². The molecule has 0 spiro atoms. The van der Waals surface area contributed by atoms with Gasteiger partial charge in [0.05, 0.1) is 6.54 Å². The Hall–Kier alpha value is -2.41. The summed E-state index contributed by atoms with van der Waals surface area (Å²) in [4.78, 5) is 15.6. The maximum atomic E-state index is 11.7. The number of hydrogen-bond acceptors (Lipinski definition) is 4. The van der Waals surface area contributed by atoms with Crippen molar-refractivity contribution >= 4 is 12.0 Å². The van der Waals surface area contributed by atoms with E-state index in [0.717, 1.165) is 5.56 Å². The van der Waals surface area contributed by atoms with Gasteiger partial charge in [-0.25, -0.2) is 9.48 Å². The number of aryl methyl sites for hydroxylation is 1. The van der Waals surface area contributed by atoms with E-state index in [2.05, 4.69) is 20.7 Å². The molecule has 7 nitrogen and oxygen atoms in total. The molecule has 0 saturated heterocycles. The number of anilines is 1. The lowest BCUT2D eigenvalue weighted by atomic mass is 9.96. The fraction of sp³-hybridized carbons (Fsp3) is 0.308. The van der Waals surface area contributed by atoms with Crippen LogP contribution in [0.4, 0.5) is 10.7 Å². The highest BCUT2D eigenvalue weighted by Crippen LogP contribution is 2.18. The summed E-state index contributed by atoms with van der Waals surface area (Å²) in [6.07, 6.45) is 1.34. The predicted octanol–water partition coefficient (Wildman–Crippen LogP) is 0.844. The first-order valence-corrected chi connectivity index (χ1v) is 6.16. The van der Waals surface area contributed by atoms with E-state index in [1.54, 1.807) is 14.0 Å². The highest BCUT2D eigenvalue weighted by atomic mass is 16.3. The van der Waals surface area contributed by atoms with Gasteiger partial charge in [0.1, 0.15) is 11.9 Å². The Morgan fingerprint density at radius 2 is 2.10 bits per heavy atom. The number of benzene rings is 1. The molecule has 3 N–H and O–H groups in total. The van der Waals surface area contributed by atoms with Crippen molar-refractivity contribution in [2.45, 2.75) is 12.5 Å². The largest absolute Gasteiger partial charge is 0.384 e. The molecule has 7 heteroatoms. The molecule has 1 aromatic carbocycles. The van der Waals surface area contributed by atoms with Gasteiger partial charge >= 0.3 is 6.03 Å². The zero-order valence-corrected chi connectivity index (χ0v) is 11.4. The molecule has 0 fully saturated rings. The summed E-state index contributed by atoms with van der Waals surface area (Å²) in [6, 6.07) is 8.71. The summed E-state index contributed by atoms with van der Waals surface area (Å²) in [5, 5.41) is 19.3. The molecule has 0 radical (unpaired) electrons. The van der Waals surface area contributed by atoms with Gasteiger partial charge in [-0.2, -0.15) is 10.1 Å². The van der Waals surface area contributed by atoms with Crippen molar-refractivity contribution in [2.75, 3.05) is 11.9 Å². The normalized spacial score (nSPS) is 13.6.